The smallest absolute Gasteiger partial charge is 0.272 e. The van der Waals surface area contributed by atoms with Crippen LogP contribution in [0.3, 0.4) is 0 Å². The highest BCUT2D eigenvalue weighted by Crippen LogP contribution is 2.35. The number of nitrogens with zero attached hydrogens (tertiary/aromatic N) is 2. The van der Waals surface area contributed by atoms with Crippen molar-refractivity contribution in [2.24, 2.45) is 0 Å². The molecule has 0 bridgehead atoms. The van der Waals surface area contributed by atoms with Crippen molar-refractivity contribution in [3.05, 3.63) is 46.7 Å². The molecule has 3 rings (SSSR count). The van der Waals surface area contributed by atoms with E-state index in [1.165, 1.54) is 12.1 Å². The van der Waals surface area contributed by atoms with Gasteiger partial charge in [0.05, 0.1) is 0 Å². The van der Waals surface area contributed by atoms with Crippen molar-refractivity contribution < 1.29 is 14.3 Å². The van der Waals surface area contributed by atoms with Crippen molar-refractivity contribution in [1.82, 2.24) is 15.5 Å². The molecule has 2 heterocycles. The molecule has 1 amide bonds. The number of ether oxygens (including phenoxy) is 2. The Hall–Kier alpha value is -2.34. The van der Waals surface area contributed by atoms with Gasteiger partial charge in [0.1, 0.15) is 0 Å². The first-order valence-electron chi connectivity index (χ1n) is 5.89. The largest absolute Gasteiger partial charge is 0.454 e. The van der Waals surface area contributed by atoms with E-state index in [0.717, 1.165) is 5.56 Å². The molecule has 1 aliphatic rings. The SMILES string of the molecule is O=C(NCc1cccc2c1OCO2)c1ccc(Cl)nn1. The molecule has 0 atom stereocenters. The molecule has 7 heteroatoms. The first-order valence-corrected chi connectivity index (χ1v) is 6.27. The Morgan fingerprint density at radius 2 is 2.15 bits per heavy atom. The zero-order valence-corrected chi connectivity index (χ0v) is 11.1. The number of nitrogens with one attached hydrogen (secondary N) is 1. The number of para-hydroxylation sites is 1. The van der Waals surface area contributed by atoms with Crippen molar-refractivity contribution >= 4 is 17.5 Å². The van der Waals surface area contributed by atoms with Crippen LogP contribution in [0.5, 0.6) is 11.5 Å². The van der Waals surface area contributed by atoms with E-state index in [2.05, 4.69) is 15.5 Å². The number of hydrogen-bond acceptors (Lipinski definition) is 5. The van der Waals surface area contributed by atoms with Crippen molar-refractivity contribution in [2.45, 2.75) is 6.54 Å². The molecule has 0 saturated heterocycles. The first-order chi connectivity index (χ1) is 9.74. The molecular weight excluding hydrogens is 282 g/mol. The van der Waals surface area contributed by atoms with Crippen LogP contribution < -0.4 is 14.8 Å². The lowest BCUT2D eigenvalue weighted by atomic mass is 10.2. The minimum Gasteiger partial charge on any atom is -0.454 e. The Morgan fingerprint density at radius 3 is 2.95 bits per heavy atom. The number of fused-ring (bicyclic) bond motifs is 1. The highest BCUT2D eigenvalue weighted by Gasteiger charge is 2.17. The zero-order chi connectivity index (χ0) is 13.9. The van der Waals surface area contributed by atoms with Gasteiger partial charge < -0.3 is 14.8 Å². The van der Waals surface area contributed by atoms with Gasteiger partial charge in [-0.2, -0.15) is 0 Å². The van der Waals surface area contributed by atoms with Gasteiger partial charge in [-0.05, 0) is 18.2 Å². The third-order valence-corrected chi connectivity index (χ3v) is 2.98. The molecule has 0 spiro atoms. The minimum atomic E-state index is -0.328. The van der Waals surface area contributed by atoms with E-state index in [1.54, 1.807) is 0 Å². The van der Waals surface area contributed by atoms with E-state index in [0.29, 0.717) is 18.0 Å². The summed E-state index contributed by atoms with van der Waals surface area (Å²) < 4.78 is 10.6. The van der Waals surface area contributed by atoms with Crippen LogP contribution in [-0.2, 0) is 6.54 Å². The van der Waals surface area contributed by atoms with E-state index in [4.69, 9.17) is 21.1 Å². The van der Waals surface area contributed by atoms with E-state index < -0.39 is 0 Å². The molecule has 0 aliphatic carbocycles. The average molecular weight is 292 g/mol. The lowest BCUT2D eigenvalue weighted by molar-refractivity contribution is 0.0944. The van der Waals surface area contributed by atoms with Crippen LogP contribution in [0.25, 0.3) is 0 Å². The van der Waals surface area contributed by atoms with Gasteiger partial charge in [0.2, 0.25) is 6.79 Å². The number of aromatic nitrogens is 2. The van der Waals surface area contributed by atoms with E-state index in [-0.39, 0.29) is 23.5 Å². The molecule has 6 nitrogen and oxygen atoms in total. The lowest BCUT2D eigenvalue weighted by Gasteiger charge is -2.07. The summed E-state index contributed by atoms with van der Waals surface area (Å²) >= 11 is 5.62. The summed E-state index contributed by atoms with van der Waals surface area (Å²) in [6.45, 7) is 0.513. The van der Waals surface area contributed by atoms with Crippen LogP contribution in [-0.4, -0.2) is 22.9 Å². The van der Waals surface area contributed by atoms with Gasteiger partial charge in [-0.1, -0.05) is 23.7 Å². The Morgan fingerprint density at radius 1 is 1.25 bits per heavy atom. The van der Waals surface area contributed by atoms with Crippen LogP contribution in [0.4, 0.5) is 0 Å². The van der Waals surface area contributed by atoms with Crippen LogP contribution in [0, 0.1) is 0 Å². The van der Waals surface area contributed by atoms with Crippen LogP contribution >= 0.6 is 11.6 Å². The molecule has 0 saturated carbocycles. The van der Waals surface area contributed by atoms with Gasteiger partial charge in [-0.15, -0.1) is 10.2 Å². The Labute approximate surface area is 119 Å². The summed E-state index contributed by atoms with van der Waals surface area (Å²) in [5.74, 6) is 1.02. The van der Waals surface area contributed by atoms with Gasteiger partial charge in [0, 0.05) is 12.1 Å². The number of benzene rings is 1. The monoisotopic (exact) mass is 291 g/mol. The molecule has 0 unspecified atom stereocenters. The second kappa shape index (κ2) is 5.34. The fourth-order valence-electron chi connectivity index (χ4n) is 1.83. The summed E-state index contributed by atoms with van der Waals surface area (Å²) in [6, 6.07) is 8.55. The fourth-order valence-corrected chi connectivity index (χ4v) is 1.93. The molecule has 1 aromatic carbocycles. The topological polar surface area (TPSA) is 73.3 Å². The molecule has 1 aliphatic heterocycles. The minimum absolute atomic E-state index is 0.197. The quantitative estimate of drug-likeness (QED) is 0.933. The number of hydrogen-bond donors (Lipinski definition) is 1. The number of amides is 1. The van der Waals surface area contributed by atoms with Crippen LogP contribution in [0.2, 0.25) is 5.15 Å². The fraction of sp³-hybridized carbons (Fsp3) is 0.154. The standard InChI is InChI=1S/C13H10ClN3O3/c14-11-5-4-9(16-17-11)13(18)15-6-8-2-1-3-10-12(8)20-7-19-10/h1-5H,6-7H2,(H,15,18). The highest BCUT2D eigenvalue weighted by atomic mass is 35.5. The van der Waals surface area contributed by atoms with Crippen LogP contribution in [0.15, 0.2) is 30.3 Å². The van der Waals surface area contributed by atoms with E-state index in [1.807, 2.05) is 18.2 Å². The van der Waals surface area contributed by atoms with E-state index >= 15 is 0 Å². The summed E-state index contributed by atoms with van der Waals surface area (Å²) in [5.41, 5.74) is 1.05. The molecule has 2 aromatic rings. The van der Waals surface area contributed by atoms with Crippen LogP contribution in [0.1, 0.15) is 16.1 Å². The third kappa shape index (κ3) is 2.50. The second-order valence-corrected chi connectivity index (χ2v) is 4.46. The lowest BCUT2D eigenvalue weighted by Crippen LogP contribution is -2.24. The van der Waals surface area contributed by atoms with Crippen molar-refractivity contribution in [1.29, 1.82) is 0 Å². The predicted octanol–water partition coefficient (Wildman–Crippen LogP) is 1.79. The van der Waals surface area contributed by atoms with Crippen molar-refractivity contribution in [2.75, 3.05) is 6.79 Å². The normalized spacial score (nSPS) is 12.2. The van der Waals surface area contributed by atoms with Gasteiger partial charge in [0.25, 0.3) is 5.91 Å². The van der Waals surface area contributed by atoms with Gasteiger partial charge in [-0.3, -0.25) is 4.79 Å². The molecule has 0 fully saturated rings. The zero-order valence-electron chi connectivity index (χ0n) is 10.3. The Balaban J connectivity index is 1.69. The van der Waals surface area contributed by atoms with Crippen molar-refractivity contribution in [3.63, 3.8) is 0 Å². The third-order valence-electron chi connectivity index (χ3n) is 2.78. The summed E-state index contributed by atoms with van der Waals surface area (Å²) in [6.07, 6.45) is 0. The van der Waals surface area contributed by atoms with Gasteiger partial charge in [-0.25, -0.2) is 0 Å². The maximum Gasteiger partial charge on any atom is 0.272 e. The maximum absolute atomic E-state index is 11.9. The number of carbonyl (C=O) groups is 1. The van der Waals surface area contributed by atoms with Gasteiger partial charge in [0.15, 0.2) is 22.3 Å². The maximum atomic E-state index is 11.9. The van der Waals surface area contributed by atoms with E-state index in [9.17, 15) is 4.79 Å². The number of rotatable bonds is 3. The summed E-state index contributed by atoms with van der Waals surface area (Å²) in [5, 5.41) is 10.3. The molecule has 20 heavy (non-hydrogen) atoms. The molecule has 102 valence electrons. The molecule has 1 N–H and O–H groups in total. The Bertz CT molecular complexity index is 646. The molecule has 1 aromatic heterocycles. The number of halogens is 1. The van der Waals surface area contributed by atoms with Crippen molar-refractivity contribution in [3.8, 4) is 11.5 Å². The molecule has 0 radical (unpaired) electrons. The average Bonchev–Trinajstić information content (AvgIpc) is 2.94. The summed E-state index contributed by atoms with van der Waals surface area (Å²) in [4.78, 5) is 11.9. The second-order valence-electron chi connectivity index (χ2n) is 4.07. The highest BCUT2D eigenvalue weighted by molar-refractivity contribution is 6.29. The number of carbonyl (C=O) groups excluding carboxylic acids is 1. The Kier molecular flexibility index (Phi) is 3.39. The predicted molar refractivity (Wildman–Crippen MR) is 70.8 cm³/mol. The van der Waals surface area contributed by atoms with Gasteiger partial charge >= 0.3 is 0 Å². The first kappa shape index (κ1) is 12.7. The molecular formula is C13H10ClN3O3. The summed E-state index contributed by atoms with van der Waals surface area (Å²) in [7, 11) is 0.